The molecule has 2 rings (SSSR count). The number of aliphatic hydroxyl groups excluding tert-OH is 1. The Kier molecular flexibility index (Phi) is 6.27. The molecule has 0 bridgehead atoms. The van der Waals surface area contributed by atoms with Gasteiger partial charge in [0.1, 0.15) is 0 Å². The van der Waals surface area contributed by atoms with E-state index in [2.05, 4.69) is 48.0 Å². The molecule has 1 aromatic rings. The molecular formula is C18H28N2O. The summed E-state index contributed by atoms with van der Waals surface area (Å²) < 4.78 is 0. The number of allylic oxidation sites excluding steroid dienone is 1. The van der Waals surface area contributed by atoms with Gasteiger partial charge in [-0.25, -0.2) is 0 Å². The number of rotatable bonds is 7. The number of nitrogens with zero attached hydrogens (tertiary/aromatic N) is 1. The molecular weight excluding hydrogens is 260 g/mol. The van der Waals surface area contributed by atoms with Crippen LogP contribution in [0.4, 0.5) is 5.69 Å². The fraction of sp³-hybridized carbons (Fsp3) is 0.556. The van der Waals surface area contributed by atoms with Crippen molar-refractivity contribution in [2.75, 3.05) is 25.0 Å². The molecule has 1 unspecified atom stereocenters. The Balaban J connectivity index is 1.72. The van der Waals surface area contributed by atoms with E-state index in [9.17, 15) is 5.11 Å². The highest BCUT2D eigenvalue weighted by Gasteiger charge is 2.20. The lowest BCUT2D eigenvalue weighted by atomic mass is 10.0. The first-order valence-corrected chi connectivity index (χ1v) is 8.02. The van der Waals surface area contributed by atoms with Crippen LogP contribution in [0.15, 0.2) is 36.9 Å². The summed E-state index contributed by atoms with van der Waals surface area (Å²) in [6, 6.07) is 9.11. The first-order valence-electron chi connectivity index (χ1n) is 8.02. The molecule has 1 heterocycles. The molecule has 0 spiro atoms. The van der Waals surface area contributed by atoms with Gasteiger partial charge in [0.25, 0.3) is 0 Å². The predicted molar refractivity (Wildman–Crippen MR) is 89.7 cm³/mol. The lowest BCUT2D eigenvalue weighted by Gasteiger charge is -2.34. The molecule has 0 radical (unpaired) electrons. The van der Waals surface area contributed by atoms with Gasteiger partial charge < -0.3 is 15.3 Å². The third-order valence-corrected chi connectivity index (χ3v) is 4.15. The molecule has 1 aromatic carbocycles. The third-order valence-electron chi connectivity index (χ3n) is 4.15. The number of hydrogen-bond acceptors (Lipinski definition) is 3. The number of aryl methyl sites for hydroxylation is 1. The topological polar surface area (TPSA) is 35.5 Å². The molecule has 0 aliphatic carbocycles. The van der Waals surface area contributed by atoms with Crippen LogP contribution in [0.2, 0.25) is 0 Å². The van der Waals surface area contributed by atoms with Crippen LogP contribution in [-0.2, 0) is 0 Å². The Hall–Kier alpha value is -1.32. The summed E-state index contributed by atoms with van der Waals surface area (Å²) in [4.78, 5) is 2.38. The van der Waals surface area contributed by atoms with Gasteiger partial charge in [0, 0.05) is 31.4 Å². The number of hydrogen-bond donors (Lipinski definition) is 2. The van der Waals surface area contributed by atoms with Crippen molar-refractivity contribution in [2.45, 2.75) is 44.8 Å². The lowest BCUT2D eigenvalue weighted by Crippen LogP contribution is -2.42. The molecule has 1 fully saturated rings. The van der Waals surface area contributed by atoms with Crippen molar-refractivity contribution in [3.8, 4) is 0 Å². The van der Waals surface area contributed by atoms with E-state index in [-0.39, 0.29) is 6.10 Å². The first kappa shape index (κ1) is 16.1. The molecule has 0 amide bonds. The molecule has 2 N–H and O–H groups in total. The maximum atomic E-state index is 9.96. The van der Waals surface area contributed by atoms with Crippen molar-refractivity contribution in [1.29, 1.82) is 0 Å². The minimum absolute atomic E-state index is 0.218. The van der Waals surface area contributed by atoms with E-state index in [1.165, 1.54) is 11.3 Å². The van der Waals surface area contributed by atoms with Crippen LogP contribution in [0.5, 0.6) is 0 Å². The number of benzene rings is 1. The van der Waals surface area contributed by atoms with Gasteiger partial charge >= 0.3 is 0 Å². The molecule has 3 heteroatoms. The Labute approximate surface area is 128 Å². The van der Waals surface area contributed by atoms with Gasteiger partial charge in [-0.2, -0.15) is 0 Å². The number of piperidine rings is 1. The number of aliphatic hydroxyl groups is 1. The van der Waals surface area contributed by atoms with Crippen molar-refractivity contribution in [2.24, 2.45) is 0 Å². The minimum atomic E-state index is -0.218. The zero-order valence-electron chi connectivity index (χ0n) is 13.1. The van der Waals surface area contributed by atoms with Crippen LogP contribution in [0, 0.1) is 6.92 Å². The monoisotopic (exact) mass is 288 g/mol. The molecule has 1 aliphatic rings. The van der Waals surface area contributed by atoms with Crippen LogP contribution in [0.1, 0.15) is 31.2 Å². The van der Waals surface area contributed by atoms with E-state index >= 15 is 0 Å². The largest absolute Gasteiger partial charge is 0.392 e. The SMILES string of the molecule is C=CCCC(O)CN1CCC(Nc2cccc(C)c2)CC1. The maximum Gasteiger partial charge on any atom is 0.0670 e. The molecule has 116 valence electrons. The second-order valence-electron chi connectivity index (χ2n) is 6.11. The van der Waals surface area contributed by atoms with Crippen molar-refractivity contribution < 1.29 is 5.11 Å². The molecule has 1 atom stereocenters. The van der Waals surface area contributed by atoms with Crippen LogP contribution in [-0.4, -0.2) is 41.8 Å². The summed E-state index contributed by atoms with van der Waals surface area (Å²) in [5, 5.41) is 13.6. The maximum absolute atomic E-state index is 9.96. The minimum Gasteiger partial charge on any atom is -0.392 e. The Morgan fingerprint density at radius 2 is 2.19 bits per heavy atom. The molecule has 3 nitrogen and oxygen atoms in total. The molecule has 1 saturated heterocycles. The normalized spacial score (nSPS) is 18.4. The number of β-amino-alcohol motifs (C(OH)–C–C–N with tert-alkyl or cyclic N) is 1. The third kappa shape index (κ3) is 5.52. The summed E-state index contributed by atoms with van der Waals surface area (Å²) in [6.45, 7) is 8.75. The average Bonchev–Trinajstić information content (AvgIpc) is 2.47. The van der Waals surface area contributed by atoms with E-state index in [4.69, 9.17) is 0 Å². The van der Waals surface area contributed by atoms with Crippen LogP contribution in [0.3, 0.4) is 0 Å². The first-order chi connectivity index (χ1) is 10.2. The van der Waals surface area contributed by atoms with Crippen molar-refractivity contribution in [3.05, 3.63) is 42.5 Å². The average molecular weight is 288 g/mol. The number of likely N-dealkylation sites (tertiary alicyclic amines) is 1. The Morgan fingerprint density at radius 3 is 2.86 bits per heavy atom. The zero-order valence-corrected chi connectivity index (χ0v) is 13.1. The highest BCUT2D eigenvalue weighted by atomic mass is 16.3. The van der Waals surface area contributed by atoms with Gasteiger partial charge in [-0.3, -0.25) is 0 Å². The number of anilines is 1. The summed E-state index contributed by atoms with van der Waals surface area (Å²) in [5.41, 5.74) is 2.52. The summed E-state index contributed by atoms with van der Waals surface area (Å²) in [6.07, 6.45) is 5.66. The van der Waals surface area contributed by atoms with Gasteiger partial charge in [-0.15, -0.1) is 6.58 Å². The molecule has 0 aromatic heterocycles. The van der Waals surface area contributed by atoms with E-state index in [1.54, 1.807) is 0 Å². The van der Waals surface area contributed by atoms with Crippen LogP contribution < -0.4 is 5.32 Å². The van der Waals surface area contributed by atoms with Crippen molar-refractivity contribution in [3.63, 3.8) is 0 Å². The van der Waals surface area contributed by atoms with E-state index in [0.29, 0.717) is 6.04 Å². The molecule has 0 saturated carbocycles. The fourth-order valence-corrected chi connectivity index (χ4v) is 2.93. The molecule has 21 heavy (non-hydrogen) atoms. The fourth-order valence-electron chi connectivity index (χ4n) is 2.93. The summed E-state index contributed by atoms with van der Waals surface area (Å²) in [5.74, 6) is 0. The Bertz CT molecular complexity index is 439. The Morgan fingerprint density at radius 1 is 1.43 bits per heavy atom. The number of nitrogens with one attached hydrogen (secondary N) is 1. The summed E-state index contributed by atoms with van der Waals surface area (Å²) >= 11 is 0. The van der Waals surface area contributed by atoms with Gasteiger partial charge in [0.05, 0.1) is 6.10 Å². The predicted octanol–water partition coefficient (Wildman–Crippen LogP) is 3.20. The van der Waals surface area contributed by atoms with Crippen molar-refractivity contribution in [1.82, 2.24) is 4.90 Å². The molecule has 1 aliphatic heterocycles. The quantitative estimate of drug-likeness (QED) is 0.756. The van der Waals surface area contributed by atoms with Gasteiger partial charge in [-0.05, 0) is 50.3 Å². The van der Waals surface area contributed by atoms with Crippen LogP contribution >= 0.6 is 0 Å². The standard InChI is InChI=1S/C18H28N2O/c1-3-4-8-18(21)14-20-11-9-16(10-12-20)19-17-7-5-6-15(2)13-17/h3,5-7,13,16,18-19,21H,1,4,8-12,14H2,2H3. The van der Waals surface area contributed by atoms with Gasteiger partial charge in [0.15, 0.2) is 0 Å². The lowest BCUT2D eigenvalue weighted by molar-refractivity contribution is 0.0934. The van der Waals surface area contributed by atoms with E-state index in [0.717, 1.165) is 45.3 Å². The van der Waals surface area contributed by atoms with E-state index in [1.807, 2.05) is 6.08 Å². The highest BCUT2D eigenvalue weighted by Crippen LogP contribution is 2.18. The second-order valence-corrected chi connectivity index (χ2v) is 6.11. The zero-order chi connectivity index (χ0) is 15.1. The van der Waals surface area contributed by atoms with Gasteiger partial charge in [-0.1, -0.05) is 18.2 Å². The highest BCUT2D eigenvalue weighted by molar-refractivity contribution is 5.46. The summed E-state index contributed by atoms with van der Waals surface area (Å²) in [7, 11) is 0. The van der Waals surface area contributed by atoms with E-state index < -0.39 is 0 Å². The smallest absolute Gasteiger partial charge is 0.0670 e. The van der Waals surface area contributed by atoms with Crippen molar-refractivity contribution >= 4 is 5.69 Å². The van der Waals surface area contributed by atoms with Crippen LogP contribution in [0.25, 0.3) is 0 Å². The second kappa shape index (κ2) is 8.20. The van der Waals surface area contributed by atoms with Gasteiger partial charge in [0.2, 0.25) is 0 Å².